The molecule has 0 unspecified atom stereocenters. The van der Waals surface area contributed by atoms with Crippen LogP contribution in [0.2, 0.25) is 0 Å². The molecule has 0 aliphatic heterocycles. The molecule has 3 heteroatoms. The van der Waals surface area contributed by atoms with Gasteiger partial charge in [0, 0.05) is 22.3 Å². The first kappa shape index (κ1) is 20.8. The summed E-state index contributed by atoms with van der Waals surface area (Å²) in [5.41, 5.74) is 6.31. The Labute approximate surface area is 205 Å². The largest absolute Gasteiger partial charge is 0.294 e. The van der Waals surface area contributed by atoms with E-state index in [9.17, 15) is 0 Å². The highest BCUT2D eigenvalue weighted by molar-refractivity contribution is 5.96. The number of hydrogen-bond donors (Lipinski definition) is 0. The van der Waals surface area contributed by atoms with Crippen molar-refractivity contribution in [2.75, 3.05) is 4.90 Å². The molecule has 3 nitrogen and oxygen atoms in total. The minimum Gasteiger partial charge on any atom is -0.294 e. The Balaban J connectivity index is 1.57. The molecule has 0 spiro atoms. The highest BCUT2D eigenvalue weighted by atomic mass is 15.2. The van der Waals surface area contributed by atoms with Crippen LogP contribution in [-0.4, -0.2) is 9.97 Å². The normalized spacial score (nSPS) is 10.9. The second kappa shape index (κ2) is 9.24. The molecule has 0 aliphatic carbocycles. The Hall–Kier alpha value is -4.76. The minimum absolute atomic E-state index is 0.702. The van der Waals surface area contributed by atoms with Gasteiger partial charge in [-0.1, -0.05) is 97.1 Å². The molecule has 1 aromatic heterocycles. The van der Waals surface area contributed by atoms with Crippen molar-refractivity contribution in [3.8, 4) is 22.5 Å². The second-order valence-electron chi connectivity index (χ2n) is 8.34. The average molecular weight is 450 g/mol. The smallest absolute Gasteiger partial charge is 0.162 e. The summed E-state index contributed by atoms with van der Waals surface area (Å²) < 4.78 is 0. The van der Waals surface area contributed by atoms with E-state index >= 15 is 0 Å². The molecule has 5 aromatic carbocycles. The number of nitrogens with zero attached hydrogens (tertiary/aromatic N) is 3. The van der Waals surface area contributed by atoms with Gasteiger partial charge in [-0.3, -0.25) is 4.90 Å². The standard InChI is InChI=1S/C32H23N3/c1-4-13-24(14-5-1)25-15-12-16-26(23-25)31-33-30-22-11-10-21-29(30)32(34-31)35(27-17-6-2-7-18-27)28-19-8-3-9-20-28/h1-23H. The van der Waals surface area contributed by atoms with Gasteiger partial charge in [0.25, 0.3) is 0 Å². The molecule has 0 saturated heterocycles. The zero-order valence-corrected chi connectivity index (χ0v) is 19.1. The van der Waals surface area contributed by atoms with Crippen LogP contribution in [0, 0.1) is 0 Å². The molecular formula is C32H23N3. The van der Waals surface area contributed by atoms with Crippen molar-refractivity contribution >= 4 is 28.1 Å². The molecule has 0 amide bonds. The van der Waals surface area contributed by atoms with Gasteiger partial charge >= 0.3 is 0 Å². The fourth-order valence-corrected chi connectivity index (χ4v) is 4.38. The third-order valence-corrected chi connectivity index (χ3v) is 6.05. The fraction of sp³-hybridized carbons (Fsp3) is 0. The number of anilines is 3. The van der Waals surface area contributed by atoms with Crippen molar-refractivity contribution in [1.82, 2.24) is 9.97 Å². The van der Waals surface area contributed by atoms with Crippen molar-refractivity contribution in [2.45, 2.75) is 0 Å². The molecule has 0 N–H and O–H groups in total. The minimum atomic E-state index is 0.702. The lowest BCUT2D eigenvalue weighted by molar-refractivity contribution is 1.15. The quantitative estimate of drug-likeness (QED) is 0.264. The number of benzene rings is 5. The summed E-state index contributed by atoms with van der Waals surface area (Å²) >= 11 is 0. The first-order chi connectivity index (χ1) is 17.4. The SMILES string of the molecule is c1ccc(-c2cccc(-c3nc(N(c4ccccc4)c4ccccc4)c4ccccc4n3)c2)cc1. The summed E-state index contributed by atoms with van der Waals surface area (Å²) in [4.78, 5) is 12.3. The number of para-hydroxylation sites is 3. The van der Waals surface area contributed by atoms with Gasteiger partial charge < -0.3 is 0 Å². The first-order valence-corrected chi connectivity index (χ1v) is 11.7. The van der Waals surface area contributed by atoms with Crippen LogP contribution < -0.4 is 4.90 Å². The van der Waals surface area contributed by atoms with E-state index in [0.717, 1.165) is 39.2 Å². The van der Waals surface area contributed by atoms with E-state index in [0.29, 0.717) is 5.82 Å². The predicted molar refractivity (Wildman–Crippen MR) is 145 cm³/mol. The van der Waals surface area contributed by atoms with Gasteiger partial charge in [0.15, 0.2) is 5.82 Å². The Morgan fingerprint density at radius 2 is 0.971 bits per heavy atom. The van der Waals surface area contributed by atoms with Gasteiger partial charge in [-0.2, -0.15) is 0 Å². The number of fused-ring (bicyclic) bond motifs is 1. The van der Waals surface area contributed by atoms with Gasteiger partial charge in [-0.25, -0.2) is 9.97 Å². The van der Waals surface area contributed by atoms with Crippen LogP contribution in [0.3, 0.4) is 0 Å². The van der Waals surface area contributed by atoms with Gasteiger partial charge in [0.2, 0.25) is 0 Å². The molecule has 0 fully saturated rings. The Morgan fingerprint density at radius 3 is 1.66 bits per heavy atom. The van der Waals surface area contributed by atoms with E-state index in [1.165, 1.54) is 5.56 Å². The molecule has 0 radical (unpaired) electrons. The lowest BCUT2D eigenvalue weighted by Crippen LogP contribution is -2.13. The van der Waals surface area contributed by atoms with Crippen LogP contribution in [0.4, 0.5) is 17.2 Å². The van der Waals surface area contributed by atoms with Gasteiger partial charge in [-0.05, 0) is 53.6 Å². The van der Waals surface area contributed by atoms with Crippen molar-refractivity contribution in [1.29, 1.82) is 0 Å². The van der Waals surface area contributed by atoms with Crippen molar-refractivity contribution in [2.24, 2.45) is 0 Å². The molecule has 1 heterocycles. The maximum absolute atomic E-state index is 5.17. The zero-order chi connectivity index (χ0) is 23.5. The second-order valence-corrected chi connectivity index (χ2v) is 8.34. The molecule has 6 rings (SSSR count). The molecule has 6 aromatic rings. The highest BCUT2D eigenvalue weighted by Crippen LogP contribution is 2.38. The molecule has 0 saturated carbocycles. The first-order valence-electron chi connectivity index (χ1n) is 11.7. The topological polar surface area (TPSA) is 29.0 Å². The Kier molecular flexibility index (Phi) is 5.50. The van der Waals surface area contributed by atoms with E-state index in [1.807, 2.05) is 30.3 Å². The summed E-state index contributed by atoms with van der Waals surface area (Å²) in [7, 11) is 0. The summed E-state index contributed by atoms with van der Waals surface area (Å²) in [5.74, 6) is 1.56. The van der Waals surface area contributed by atoms with Crippen molar-refractivity contribution in [3.05, 3.63) is 140 Å². The van der Waals surface area contributed by atoms with Gasteiger partial charge in [0.1, 0.15) is 5.82 Å². The highest BCUT2D eigenvalue weighted by Gasteiger charge is 2.19. The molecule has 35 heavy (non-hydrogen) atoms. The maximum Gasteiger partial charge on any atom is 0.162 e. The summed E-state index contributed by atoms with van der Waals surface area (Å²) in [6.07, 6.45) is 0. The van der Waals surface area contributed by atoms with Crippen LogP contribution in [0.25, 0.3) is 33.4 Å². The molecular weight excluding hydrogens is 426 g/mol. The predicted octanol–water partition coefficient (Wildman–Crippen LogP) is 8.43. The number of aromatic nitrogens is 2. The van der Waals surface area contributed by atoms with Crippen molar-refractivity contribution in [3.63, 3.8) is 0 Å². The zero-order valence-electron chi connectivity index (χ0n) is 19.1. The third kappa shape index (κ3) is 4.16. The van der Waals surface area contributed by atoms with E-state index in [2.05, 4.69) is 114 Å². The van der Waals surface area contributed by atoms with Gasteiger partial charge in [0.05, 0.1) is 5.52 Å². The Bertz CT molecular complexity index is 1540. The van der Waals surface area contributed by atoms with Crippen LogP contribution in [0.1, 0.15) is 0 Å². The maximum atomic E-state index is 5.17. The monoisotopic (exact) mass is 449 g/mol. The fourth-order valence-electron chi connectivity index (χ4n) is 4.38. The number of rotatable bonds is 5. The summed E-state index contributed by atoms with van der Waals surface area (Å²) in [5, 5.41) is 1.00. The van der Waals surface area contributed by atoms with Crippen LogP contribution in [-0.2, 0) is 0 Å². The third-order valence-electron chi connectivity index (χ3n) is 6.05. The Morgan fingerprint density at radius 1 is 0.429 bits per heavy atom. The average Bonchev–Trinajstić information content (AvgIpc) is 2.95. The lowest BCUT2D eigenvalue weighted by Gasteiger charge is -2.26. The molecule has 166 valence electrons. The molecule has 0 atom stereocenters. The summed E-state index contributed by atoms with van der Waals surface area (Å²) in [6, 6.07) is 47.8. The number of hydrogen-bond acceptors (Lipinski definition) is 3. The summed E-state index contributed by atoms with van der Waals surface area (Å²) in [6.45, 7) is 0. The van der Waals surface area contributed by atoms with E-state index in [4.69, 9.17) is 9.97 Å². The molecule has 0 bridgehead atoms. The van der Waals surface area contributed by atoms with Gasteiger partial charge in [-0.15, -0.1) is 0 Å². The van der Waals surface area contributed by atoms with Crippen LogP contribution in [0.5, 0.6) is 0 Å². The van der Waals surface area contributed by atoms with E-state index in [1.54, 1.807) is 0 Å². The van der Waals surface area contributed by atoms with E-state index < -0.39 is 0 Å². The van der Waals surface area contributed by atoms with Crippen molar-refractivity contribution < 1.29 is 0 Å². The molecule has 0 aliphatic rings. The lowest BCUT2D eigenvalue weighted by atomic mass is 10.0. The van der Waals surface area contributed by atoms with Crippen LogP contribution >= 0.6 is 0 Å². The van der Waals surface area contributed by atoms with Crippen LogP contribution in [0.15, 0.2) is 140 Å². The van der Waals surface area contributed by atoms with E-state index in [-0.39, 0.29) is 0 Å².